The number of carbonyl (C=O) groups excluding carboxylic acids is 1. The first-order valence-corrected chi connectivity index (χ1v) is 6.93. The quantitative estimate of drug-likeness (QED) is 0.918. The second-order valence-electron chi connectivity index (χ2n) is 5.16. The Morgan fingerprint density at radius 2 is 2.04 bits per heavy atom. The summed E-state index contributed by atoms with van der Waals surface area (Å²) in [6, 6.07) is 7.97. The average Bonchev–Trinajstić information content (AvgIpc) is 2.96. The predicted molar refractivity (Wildman–Crippen MR) is 80.3 cm³/mol. The van der Waals surface area contributed by atoms with Crippen molar-refractivity contribution >= 4 is 11.6 Å². The van der Waals surface area contributed by atoms with Crippen LogP contribution in [-0.2, 0) is 12.7 Å². The Labute approximate surface area is 131 Å². The van der Waals surface area contributed by atoms with Gasteiger partial charge in [-0.15, -0.1) is 0 Å². The minimum absolute atomic E-state index is 0.162. The summed E-state index contributed by atoms with van der Waals surface area (Å²) in [4.78, 5) is 13.9. The fraction of sp³-hybridized carbons (Fsp3) is 0.333. The van der Waals surface area contributed by atoms with Gasteiger partial charge in [-0.1, -0.05) is 6.07 Å². The van der Waals surface area contributed by atoms with Gasteiger partial charge in [-0.3, -0.25) is 9.48 Å². The van der Waals surface area contributed by atoms with Gasteiger partial charge in [0, 0.05) is 38.1 Å². The molecule has 23 heavy (non-hydrogen) atoms. The minimum Gasteiger partial charge on any atom is -0.378 e. The highest BCUT2D eigenvalue weighted by Crippen LogP contribution is 2.27. The average molecular weight is 326 g/mol. The molecule has 124 valence electrons. The maximum Gasteiger partial charge on any atom is 0.435 e. The molecule has 0 aliphatic rings. The van der Waals surface area contributed by atoms with E-state index in [0.29, 0.717) is 5.56 Å². The van der Waals surface area contributed by atoms with Crippen LogP contribution in [0.15, 0.2) is 36.5 Å². The molecule has 0 saturated heterocycles. The number of rotatable bonds is 5. The molecule has 0 aliphatic carbocycles. The van der Waals surface area contributed by atoms with E-state index in [-0.39, 0.29) is 19.0 Å². The van der Waals surface area contributed by atoms with Crippen molar-refractivity contribution in [3.63, 3.8) is 0 Å². The van der Waals surface area contributed by atoms with Gasteiger partial charge in [0.15, 0.2) is 5.69 Å². The zero-order valence-electron chi connectivity index (χ0n) is 12.8. The van der Waals surface area contributed by atoms with E-state index in [2.05, 4.69) is 10.4 Å². The number of amides is 1. The van der Waals surface area contributed by atoms with E-state index in [1.165, 1.54) is 6.20 Å². The van der Waals surface area contributed by atoms with Gasteiger partial charge in [0.2, 0.25) is 0 Å². The largest absolute Gasteiger partial charge is 0.435 e. The SMILES string of the molecule is CN(C)c1cccc(C(=O)NCCn2ccc(C(F)(F)F)n2)c1. The van der Waals surface area contributed by atoms with E-state index in [9.17, 15) is 18.0 Å². The summed E-state index contributed by atoms with van der Waals surface area (Å²) in [5.41, 5.74) is 0.440. The second-order valence-corrected chi connectivity index (χ2v) is 5.16. The van der Waals surface area contributed by atoms with Crippen LogP contribution in [0, 0.1) is 0 Å². The van der Waals surface area contributed by atoms with Crippen LogP contribution < -0.4 is 10.2 Å². The number of nitrogens with one attached hydrogen (secondary N) is 1. The van der Waals surface area contributed by atoms with Crippen LogP contribution >= 0.6 is 0 Å². The van der Waals surface area contributed by atoms with E-state index in [1.54, 1.807) is 18.2 Å². The molecule has 1 heterocycles. The summed E-state index contributed by atoms with van der Waals surface area (Å²) in [6.07, 6.45) is -3.22. The van der Waals surface area contributed by atoms with Crippen molar-refractivity contribution in [2.45, 2.75) is 12.7 Å². The number of benzene rings is 1. The smallest absolute Gasteiger partial charge is 0.378 e. The molecule has 0 unspecified atom stereocenters. The van der Waals surface area contributed by atoms with Gasteiger partial charge >= 0.3 is 6.18 Å². The Morgan fingerprint density at radius 3 is 2.65 bits per heavy atom. The lowest BCUT2D eigenvalue weighted by atomic mass is 10.2. The van der Waals surface area contributed by atoms with Gasteiger partial charge < -0.3 is 10.2 Å². The van der Waals surface area contributed by atoms with Gasteiger partial charge in [-0.25, -0.2) is 0 Å². The summed E-state index contributed by atoms with van der Waals surface area (Å²) >= 11 is 0. The summed E-state index contributed by atoms with van der Waals surface area (Å²) in [7, 11) is 3.74. The van der Waals surface area contributed by atoms with Gasteiger partial charge in [-0.2, -0.15) is 18.3 Å². The zero-order valence-corrected chi connectivity index (χ0v) is 12.8. The van der Waals surface area contributed by atoms with Crippen molar-refractivity contribution in [2.75, 3.05) is 25.5 Å². The fourth-order valence-corrected chi connectivity index (χ4v) is 1.95. The molecule has 2 rings (SSSR count). The van der Waals surface area contributed by atoms with Crippen LogP contribution in [0.3, 0.4) is 0 Å². The summed E-state index contributed by atoms with van der Waals surface area (Å²) in [6.45, 7) is 0.346. The van der Waals surface area contributed by atoms with E-state index < -0.39 is 11.9 Å². The van der Waals surface area contributed by atoms with Crippen molar-refractivity contribution in [1.29, 1.82) is 0 Å². The third kappa shape index (κ3) is 4.48. The number of anilines is 1. The molecule has 0 aliphatic heterocycles. The van der Waals surface area contributed by atoms with Crippen molar-refractivity contribution < 1.29 is 18.0 Å². The summed E-state index contributed by atoms with van der Waals surface area (Å²) < 4.78 is 38.4. The monoisotopic (exact) mass is 326 g/mol. The Kier molecular flexibility index (Phi) is 4.92. The summed E-state index contributed by atoms with van der Waals surface area (Å²) in [5.74, 6) is -0.281. The molecule has 0 atom stereocenters. The molecule has 1 aromatic heterocycles. The number of hydrogen-bond acceptors (Lipinski definition) is 3. The van der Waals surface area contributed by atoms with Crippen molar-refractivity contribution in [1.82, 2.24) is 15.1 Å². The zero-order chi connectivity index (χ0) is 17.0. The van der Waals surface area contributed by atoms with Gasteiger partial charge in [0.25, 0.3) is 5.91 Å². The number of nitrogens with zero attached hydrogens (tertiary/aromatic N) is 3. The molecule has 8 heteroatoms. The molecule has 5 nitrogen and oxygen atoms in total. The number of aromatic nitrogens is 2. The Bertz CT molecular complexity index is 679. The van der Waals surface area contributed by atoms with Gasteiger partial charge in [0.05, 0.1) is 6.54 Å². The van der Waals surface area contributed by atoms with Crippen molar-refractivity contribution in [3.8, 4) is 0 Å². The fourth-order valence-electron chi connectivity index (χ4n) is 1.95. The first-order chi connectivity index (χ1) is 10.8. The van der Waals surface area contributed by atoms with Crippen LogP contribution in [0.4, 0.5) is 18.9 Å². The number of alkyl halides is 3. The lowest BCUT2D eigenvalue weighted by molar-refractivity contribution is -0.141. The molecule has 2 aromatic rings. The van der Waals surface area contributed by atoms with Crippen LogP contribution in [0.25, 0.3) is 0 Å². The molecule has 1 N–H and O–H groups in total. The molecular formula is C15H17F3N4O. The lowest BCUT2D eigenvalue weighted by Crippen LogP contribution is -2.27. The van der Waals surface area contributed by atoms with Crippen LogP contribution in [0.1, 0.15) is 16.1 Å². The van der Waals surface area contributed by atoms with Crippen LogP contribution in [-0.4, -0.2) is 36.3 Å². The first kappa shape index (κ1) is 16.9. The number of carbonyl (C=O) groups is 1. The van der Waals surface area contributed by atoms with Crippen LogP contribution in [0.2, 0.25) is 0 Å². The molecule has 1 aromatic carbocycles. The van der Waals surface area contributed by atoms with Gasteiger partial charge in [0.1, 0.15) is 0 Å². The minimum atomic E-state index is -4.46. The van der Waals surface area contributed by atoms with E-state index in [0.717, 1.165) is 16.4 Å². The highest BCUT2D eigenvalue weighted by Gasteiger charge is 2.33. The highest BCUT2D eigenvalue weighted by molar-refractivity contribution is 5.95. The van der Waals surface area contributed by atoms with E-state index >= 15 is 0 Å². The number of halogens is 3. The highest BCUT2D eigenvalue weighted by atomic mass is 19.4. The van der Waals surface area contributed by atoms with Crippen LogP contribution in [0.5, 0.6) is 0 Å². The van der Waals surface area contributed by atoms with Gasteiger partial charge in [-0.05, 0) is 24.3 Å². The Morgan fingerprint density at radius 1 is 1.30 bits per heavy atom. The Hall–Kier alpha value is -2.51. The van der Waals surface area contributed by atoms with Crippen molar-refractivity contribution in [3.05, 3.63) is 47.8 Å². The molecule has 0 radical (unpaired) electrons. The third-order valence-electron chi connectivity index (χ3n) is 3.18. The molecule has 0 saturated carbocycles. The molecule has 1 amide bonds. The first-order valence-electron chi connectivity index (χ1n) is 6.93. The maximum atomic E-state index is 12.4. The van der Waals surface area contributed by atoms with E-state index in [1.807, 2.05) is 25.1 Å². The Balaban J connectivity index is 1.90. The third-order valence-corrected chi connectivity index (χ3v) is 3.18. The normalized spacial score (nSPS) is 11.3. The number of hydrogen-bond donors (Lipinski definition) is 1. The molecule has 0 spiro atoms. The second kappa shape index (κ2) is 6.72. The molecule has 0 fully saturated rings. The summed E-state index contributed by atoms with van der Waals surface area (Å²) in [5, 5.41) is 6.08. The lowest BCUT2D eigenvalue weighted by Gasteiger charge is -2.13. The molecule has 0 bridgehead atoms. The van der Waals surface area contributed by atoms with E-state index in [4.69, 9.17) is 0 Å². The molecular weight excluding hydrogens is 309 g/mol. The predicted octanol–water partition coefficient (Wildman–Crippen LogP) is 2.40. The standard InChI is InChI=1S/C15H17F3N4O/c1-21(2)12-5-3-4-11(10-12)14(23)19-7-9-22-8-6-13(20-22)15(16,17)18/h3-6,8,10H,7,9H2,1-2H3,(H,19,23). The maximum absolute atomic E-state index is 12.4. The van der Waals surface area contributed by atoms with Crippen molar-refractivity contribution in [2.24, 2.45) is 0 Å². The topological polar surface area (TPSA) is 50.2 Å².